The molecule has 0 saturated heterocycles. The number of pyridine rings is 1. The fourth-order valence-electron chi connectivity index (χ4n) is 2.24. The molecule has 19 heavy (non-hydrogen) atoms. The topological polar surface area (TPSA) is 42.1 Å². The van der Waals surface area contributed by atoms with Gasteiger partial charge in [-0.1, -0.05) is 13.8 Å². The summed E-state index contributed by atoms with van der Waals surface area (Å²) in [6.45, 7) is 7.59. The highest BCUT2D eigenvalue weighted by molar-refractivity contribution is 5.93. The molecule has 0 atom stereocenters. The first kappa shape index (κ1) is 13.7. The maximum atomic E-state index is 5.91. The zero-order chi connectivity index (χ0) is 14.0. The molecule has 0 aliphatic rings. The Hall–Kier alpha value is -1.77. The third kappa shape index (κ3) is 3.16. The summed E-state index contributed by atoms with van der Waals surface area (Å²) < 4.78 is 0. The summed E-state index contributed by atoms with van der Waals surface area (Å²) in [5.74, 6) is 0.710. The molecule has 0 unspecified atom stereocenters. The number of nitrogens with zero attached hydrogens (tertiary/aromatic N) is 2. The Morgan fingerprint density at radius 1 is 1.26 bits per heavy atom. The van der Waals surface area contributed by atoms with Crippen LogP contribution in [-0.4, -0.2) is 18.6 Å². The maximum Gasteiger partial charge on any atom is 0.0727 e. The summed E-state index contributed by atoms with van der Waals surface area (Å²) in [5, 5.41) is 1.14. The Bertz CT molecular complexity index is 575. The molecule has 2 aromatic rings. The van der Waals surface area contributed by atoms with Gasteiger partial charge in [0, 0.05) is 36.0 Å². The van der Waals surface area contributed by atoms with E-state index in [1.807, 2.05) is 25.1 Å². The number of rotatable bonds is 4. The lowest BCUT2D eigenvalue weighted by atomic mass is 10.1. The number of hydrogen-bond donors (Lipinski definition) is 1. The predicted molar refractivity (Wildman–Crippen MR) is 83.6 cm³/mol. The van der Waals surface area contributed by atoms with Crippen molar-refractivity contribution in [2.45, 2.75) is 27.2 Å². The fourth-order valence-corrected chi connectivity index (χ4v) is 2.24. The van der Waals surface area contributed by atoms with Crippen molar-refractivity contribution >= 4 is 22.3 Å². The Morgan fingerprint density at radius 2 is 2.00 bits per heavy atom. The van der Waals surface area contributed by atoms with Crippen LogP contribution >= 0.6 is 0 Å². The first-order chi connectivity index (χ1) is 8.97. The van der Waals surface area contributed by atoms with Gasteiger partial charge in [-0.15, -0.1) is 0 Å². The smallest absolute Gasteiger partial charge is 0.0727 e. The lowest BCUT2D eigenvalue weighted by Crippen LogP contribution is -2.20. The molecule has 0 aliphatic heterocycles. The van der Waals surface area contributed by atoms with Crippen molar-refractivity contribution in [1.82, 2.24) is 4.98 Å². The summed E-state index contributed by atoms with van der Waals surface area (Å²) >= 11 is 0. The molecular formula is C16H23N3. The van der Waals surface area contributed by atoms with Crippen LogP contribution in [0.3, 0.4) is 0 Å². The molecule has 2 rings (SSSR count). The van der Waals surface area contributed by atoms with E-state index in [-0.39, 0.29) is 0 Å². The minimum Gasteiger partial charge on any atom is -0.399 e. The third-order valence-electron chi connectivity index (χ3n) is 3.39. The number of anilines is 2. The highest BCUT2D eigenvalue weighted by Crippen LogP contribution is 2.28. The van der Waals surface area contributed by atoms with Crippen LogP contribution < -0.4 is 10.6 Å². The van der Waals surface area contributed by atoms with E-state index in [4.69, 9.17) is 5.73 Å². The van der Waals surface area contributed by atoms with Gasteiger partial charge in [-0.2, -0.15) is 0 Å². The molecule has 0 saturated carbocycles. The molecule has 2 N–H and O–H groups in total. The van der Waals surface area contributed by atoms with Crippen LogP contribution in [0.15, 0.2) is 24.3 Å². The van der Waals surface area contributed by atoms with Crippen LogP contribution in [0.4, 0.5) is 11.4 Å². The average Bonchev–Trinajstić information content (AvgIpc) is 2.35. The second-order valence-electron chi connectivity index (χ2n) is 5.66. The van der Waals surface area contributed by atoms with E-state index in [9.17, 15) is 0 Å². The summed E-state index contributed by atoms with van der Waals surface area (Å²) in [5.41, 5.74) is 9.97. The quantitative estimate of drug-likeness (QED) is 0.851. The van der Waals surface area contributed by atoms with Crippen LogP contribution in [-0.2, 0) is 0 Å². The van der Waals surface area contributed by atoms with E-state index in [2.05, 4.69) is 36.8 Å². The van der Waals surface area contributed by atoms with Crippen LogP contribution in [0.1, 0.15) is 26.0 Å². The van der Waals surface area contributed by atoms with E-state index in [1.54, 1.807) is 0 Å². The number of nitrogens with two attached hydrogens (primary N) is 1. The van der Waals surface area contributed by atoms with E-state index in [1.165, 1.54) is 12.1 Å². The second-order valence-corrected chi connectivity index (χ2v) is 5.66. The van der Waals surface area contributed by atoms with E-state index >= 15 is 0 Å². The summed E-state index contributed by atoms with van der Waals surface area (Å²) in [6, 6.07) is 8.06. The Kier molecular flexibility index (Phi) is 3.93. The van der Waals surface area contributed by atoms with Gasteiger partial charge in [0.15, 0.2) is 0 Å². The average molecular weight is 257 g/mol. The van der Waals surface area contributed by atoms with Gasteiger partial charge in [-0.25, -0.2) is 0 Å². The molecule has 0 bridgehead atoms. The van der Waals surface area contributed by atoms with Crippen LogP contribution in [0.25, 0.3) is 10.9 Å². The van der Waals surface area contributed by atoms with Gasteiger partial charge in [0.1, 0.15) is 0 Å². The van der Waals surface area contributed by atoms with Crippen molar-refractivity contribution in [2.24, 2.45) is 5.92 Å². The third-order valence-corrected chi connectivity index (χ3v) is 3.39. The fraction of sp³-hybridized carbons (Fsp3) is 0.438. The zero-order valence-electron chi connectivity index (χ0n) is 12.3. The van der Waals surface area contributed by atoms with E-state index < -0.39 is 0 Å². The number of nitrogen functional groups attached to an aromatic ring is 1. The minimum absolute atomic E-state index is 0.710. The molecule has 1 heterocycles. The number of aromatic nitrogens is 1. The van der Waals surface area contributed by atoms with Gasteiger partial charge in [0.25, 0.3) is 0 Å². The van der Waals surface area contributed by atoms with Crippen molar-refractivity contribution in [1.29, 1.82) is 0 Å². The monoisotopic (exact) mass is 257 g/mol. The molecular weight excluding hydrogens is 234 g/mol. The Labute approximate surface area is 115 Å². The number of fused-ring (bicyclic) bond motifs is 1. The highest BCUT2D eigenvalue weighted by Gasteiger charge is 2.09. The maximum absolute atomic E-state index is 5.91. The molecule has 0 radical (unpaired) electrons. The SMILES string of the molecule is Cc1cc(N(C)CCC(C)C)c2cc(N)ccc2n1. The van der Waals surface area contributed by atoms with Crippen molar-refractivity contribution < 1.29 is 0 Å². The first-order valence-corrected chi connectivity index (χ1v) is 6.85. The Balaban J connectivity index is 2.43. The molecule has 3 nitrogen and oxygen atoms in total. The van der Waals surface area contributed by atoms with Gasteiger partial charge in [0.2, 0.25) is 0 Å². The summed E-state index contributed by atoms with van der Waals surface area (Å²) in [6.07, 6.45) is 1.18. The van der Waals surface area contributed by atoms with Crippen molar-refractivity contribution in [3.05, 3.63) is 30.0 Å². The van der Waals surface area contributed by atoms with E-state index in [0.29, 0.717) is 5.92 Å². The largest absolute Gasteiger partial charge is 0.399 e. The van der Waals surface area contributed by atoms with Crippen molar-refractivity contribution in [3.63, 3.8) is 0 Å². The van der Waals surface area contributed by atoms with Crippen LogP contribution in [0.2, 0.25) is 0 Å². The van der Waals surface area contributed by atoms with Gasteiger partial charge in [-0.05, 0) is 43.5 Å². The number of benzene rings is 1. The second kappa shape index (κ2) is 5.47. The van der Waals surface area contributed by atoms with Crippen LogP contribution in [0, 0.1) is 12.8 Å². The van der Waals surface area contributed by atoms with Gasteiger partial charge >= 0.3 is 0 Å². The van der Waals surface area contributed by atoms with Crippen LogP contribution in [0.5, 0.6) is 0 Å². The Morgan fingerprint density at radius 3 is 2.68 bits per heavy atom. The lowest BCUT2D eigenvalue weighted by Gasteiger charge is -2.22. The molecule has 0 amide bonds. The van der Waals surface area contributed by atoms with Crippen molar-refractivity contribution in [2.75, 3.05) is 24.2 Å². The van der Waals surface area contributed by atoms with Gasteiger partial charge in [0.05, 0.1) is 5.52 Å². The predicted octanol–water partition coefficient (Wildman–Crippen LogP) is 3.61. The summed E-state index contributed by atoms with van der Waals surface area (Å²) in [4.78, 5) is 6.87. The first-order valence-electron chi connectivity index (χ1n) is 6.85. The zero-order valence-corrected chi connectivity index (χ0v) is 12.3. The molecule has 0 spiro atoms. The van der Waals surface area contributed by atoms with Gasteiger partial charge < -0.3 is 10.6 Å². The molecule has 3 heteroatoms. The lowest BCUT2D eigenvalue weighted by molar-refractivity contribution is 0.585. The highest BCUT2D eigenvalue weighted by atomic mass is 15.1. The standard InChI is InChI=1S/C16H23N3/c1-11(2)7-8-19(4)16-9-12(3)18-15-6-5-13(17)10-14(15)16/h5-6,9-11H,7-8,17H2,1-4H3. The minimum atomic E-state index is 0.710. The summed E-state index contributed by atoms with van der Waals surface area (Å²) in [7, 11) is 2.14. The number of aryl methyl sites for hydroxylation is 1. The van der Waals surface area contributed by atoms with Gasteiger partial charge in [-0.3, -0.25) is 4.98 Å². The van der Waals surface area contributed by atoms with E-state index in [0.717, 1.165) is 28.8 Å². The molecule has 102 valence electrons. The molecule has 1 aromatic heterocycles. The number of hydrogen-bond acceptors (Lipinski definition) is 3. The molecule has 0 aliphatic carbocycles. The van der Waals surface area contributed by atoms with Crippen molar-refractivity contribution in [3.8, 4) is 0 Å². The normalized spacial score (nSPS) is 11.2. The molecule has 1 aromatic carbocycles. The molecule has 0 fully saturated rings.